The van der Waals surface area contributed by atoms with E-state index < -0.39 is 44.1 Å². The minimum Gasteiger partial charge on any atom is -0.478 e. The summed E-state index contributed by atoms with van der Waals surface area (Å²) in [5.74, 6) is -4.33. The van der Waals surface area contributed by atoms with Crippen molar-refractivity contribution in [1.29, 1.82) is 0 Å². The van der Waals surface area contributed by atoms with Gasteiger partial charge in [0.15, 0.2) is 17.5 Å². The summed E-state index contributed by atoms with van der Waals surface area (Å²) in [4.78, 5) is 32.9. The van der Waals surface area contributed by atoms with Gasteiger partial charge in [0.05, 0.1) is 17.3 Å². The van der Waals surface area contributed by atoms with E-state index in [9.17, 15) is 27.5 Å². The highest BCUT2D eigenvalue weighted by atomic mass is 32.2. The number of halogens is 3. The van der Waals surface area contributed by atoms with Crippen LogP contribution in [0.1, 0.15) is 59.7 Å². The molecule has 2 aromatic heterocycles. The number of aromatic nitrogens is 3. The second kappa shape index (κ2) is 12.3. The van der Waals surface area contributed by atoms with E-state index in [1.165, 1.54) is 49.4 Å². The van der Waals surface area contributed by atoms with E-state index in [1.807, 2.05) is 0 Å². The summed E-state index contributed by atoms with van der Waals surface area (Å²) in [6, 6.07) is 9.23. The molecule has 4 aromatic rings. The van der Waals surface area contributed by atoms with Crippen LogP contribution in [0.4, 0.5) is 19.0 Å². The maximum Gasteiger partial charge on any atom is 0.336 e. The molecular formula is C33H30F3N5O5S. The molecule has 2 aromatic carbocycles. The Balaban J connectivity index is 1.28. The van der Waals surface area contributed by atoms with Gasteiger partial charge in [-0.05, 0) is 69.4 Å². The van der Waals surface area contributed by atoms with Crippen molar-refractivity contribution in [2.45, 2.75) is 55.9 Å². The minimum atomic E-state index is -4.42. The number of hydrogen-bond acceptors (Lipinski definition) is 7. The first-order valence-corrected chi connectivity index (χ1v) is 16.3. The van der Waals surface area contributed by atoms with Crippen LogP contribution < -0.4 is 10.6 Å². The van der Waals surface area contributed by atoms with Gasteiger partial charge in [-0.3, -0.25) is 4.79 Å². The number of nitrogens with zero attached hydrogens (tertiary/aromatic N) is 3. The number of rotatable bonds is 8. The van der Waals surface area contributed by atoms with Crippen LogP contribution in [0.3, 0.4) is 0 Å². The van der Waals surface area contributed by atoms with E-state index in [4.69, 9.17) is 0 Å². The fourth-order valence-electron chi connectivity index (χ4n) is 6.16. The molecule has 0 radical (unpaired) electrons. The van der Waals surface area contributed by atoms with Gasteiger partial charge < -0.3 is 15.7 Å². The lowest BCUT2D eigenvalue weighted by molar-refractivity contribution is 0.0690. The molecule has 0 aliphatic heterocycles. The summed E-state index contributed by atoms with van der Waals surface area (Å²) in [5.41, 5.74) is -0.232. The average molecular weight is 666 g/mol. The number of carboxylic acids is 1. The number of carboxylic acid groups (broad SMARTS) is 1. The Kier molecular flexibility index (Phi) is 8.38. The van der Waals surface area contributed by atoms with Gasteiger partial charge in [-0.1, -0.05) is 30.3 Å². The minimum absolute atomic E-state index is 0.0364. The highest BCUT2D eigenvalue weighted by molar-refractivity contribution is 7.91. The molecule has 1 saturated carbocycles. The third-order valence-electron chi connectivity index (χ3n) is 8.57. The Hall–Kier alpha value is -4.98. The number of amides is 1. The lowest BCUT2D eigenvalue weighted by atomic mass is 9.90. The van der Waals surface area contributed by atoms with E-state index in [0.29, 0.717) is 25.7 Å². The van der Waals surface area contributed by atoms with E-state index >= 15 is 8.78 Å². The predicted octanol–water partition coefficient (Wildman–Crippen LogP) is 5.98. The fourth-order valence-corrected chi connectivity index (χ4v) is 7.85. The normalized spacial score (nSPS) is 21.3. The van der Waals surface area contributed by atoms with E-state index in [1.54, 1.807) is 6.07 Å². The van der Waals surface area contributed by atoms with Crippen molar-refractivity contribution in [3.05, 3.63) is 102 Å². The van der Waals surface area contributed by atoms with Crippen LogP contribution in [0.15, 0.2) is 78.9 Å². The molecule has 0 spiro atoms. The van der Waals surface area contributed by atoms with Gasteiger partial charge in [0.1, 0.15) is 21.9 Å². The number of aromatic carboxylic acids is 1. The molecule has 10 nitrogen and oxygen atoms in total. The molecule has 2 aliphatic carbocycles. The van der Waals surface area contributed by atoms with Gasteiger partial charge in [-0.25, -0.2) is 40.3 Å². The zero-order valence-electron chi connectivity index (χ0n) is 25.1. The van der Waals surface area contributed by atoms with Crippen molar-refractivity contribution in [3.63, 3.8) is 0 Å². The number of nitrogens with one attached hydrogen (secondary N) is 2. The largest absolute Gasteiger partial charge is 0.478 e. The van der Waals surface area contributed by atoms with Gasteiger partial charge in [-0.2, -0.15) is 0 Å². The van der Waals surface area contributed by atoms with Crippen LogP contribution >= 0.6 is 0 Å². The molecule has 14 heteroatoms. The molecule has 0 bridgehead atoms. The molecule has 3 N–H and O–H groups in total. The van der Waals surface area contributed by atoms with Crippen LogP contribution in [0.25, 0.3) is 22.3 Å². The van der Waals surface area contributed by atoms with Crippen LogP contribution in [0.5, 0.6) is 0 Å². The molecule has 1 fully saturated rings. The van der Waals surface area contributed by atoms with Crippen molar-refractivity contribution >= 4 is 38.6 Å². The second-order valence-electron chi connectivity index (χ2n) is 11.8. The Morgan fingerprint density at radius 2 is 1.77 bits per heavy atom. The molecule has 3 atom stereocenters. The number of carbonyl (C=O) groups excluding carboxylic acids is 1. The number of allylic oxidation sites excluding steroid dienone is 3. The Labute approximate surface area is 268 Å². The van der Waals surface area contributed by atoms with E-state index in [2.05, 4.69) is 20.6 Å². The van der Waals surface area contributed by atoms with Crippen LogP contribution in [0, 0.1) is 11.6 Å². The molecule has 6 rings (SSSR count). The van der Waals surface area contributed by atoms with Crippen LogP contribution in [-0.4, -0.2) is 56.2 Å². The number of anilines is 1. The molecular weight excluding hydrogens is 635 g/mol. The fraction of sp³-hybridized carbons (Fsp3) is 0.273. The van der Waals surface area contributed by atoms with Gasteiger partial charge in [0.25, 0.3) is 5.91 Å². The van der Waals surface area contributed by atoms with Crippen molar-refractivity contribution < 1.29 is 36.3 Å². The van der Waals surface area contributed by atoms with E-state index in [0.717, 1.165) is 28.5 Å². The summed E-state index contributed by atoms with van der Waals surface area (Å²) in [5, 5.41) is 15.5. The monoisotopic (exact) mass is 665 g/mol. The molecule has 244 valence electrons. The van der Waals surface area contributed by atoms with Crippen molar-refractivity contribution in [1.82, 2.24) is 19.3 Å². The van der Waals surface area contributed by atoms with Gasteiger partial charge in [0.2, 0.25) is 10.0 Å². The first kappa shape index (κ1) is 32.0. The van der Waals surface area contributed by atoms with Gasteiger partial charge >= 0.3 is 5.97 Å². The quantitative estimate of drug-likeness (QED) is 0.209. The lowest BCUT2D eigenvalue weighted by Gasteiger charge is -2.31. The Morgan fingerprint density at radius 3 is 2.51 bits per heavy atom. The maximum absolute atomic E-state index is 15.3. The molecule has 0 saturated heterocycles. The zero-order chi connectivity index (χ0) is 33.5. The Morgan fingerprint density at radius 1 is 1.02 bits per heavy atom. The highest BCUT2D eigenvalue weighted by Crippen LogP contribution is 2.38. The van der Waals surface area contributed by atoms with Crippen molar-refractivity contribution in [2.75, 3.05) is 5.32 Å². The topological polar surface area (TPSA) is 143 Å². The van der Waals surface area contributed by atoms with Crippen LogP contribution in [0.2, 0.25) is 0 Å². The molecule has 47 heavy (non-hydrogen) atoms. The summed E-state index contributed by atoms with van der Waals surface area (Å²) in [6.45, 7) is 1.35. The smallest absolute Gasteiger partial charge is 0.336 e. The zero-order valence-corrected chi connectivity index (χ0v) is 25.9. The summed E-state index contributed by atoms with van der Waals surface area (Å²) >= 11 is 0. The number of carbonyl (C=O) groups is 2. The molecule has 1 amide bonds. The summed E-state index contributed by atoms with van der Waals surface area (Å²) in [7, 11) is -4.42. The van der Waals surface area contributed by atoms with Gasteiger partial charge in [0, 0.05) is 29.2 Å². The second-order valence-corrected chi connectivity index (χ2v) is 14.1. The number of hydrogen-bond donors (Lipinski definition) is 3. The first-order chi connectivity index (χ1) is 22.4. The number of benzene rings is 2. The third-order valence-corrected chi connectivity index (χ3v) is 10.8. The summed E-state index contributed by atoms with van der Waals surface area (Å²) < 4.78 is 71.3. The number of para-hydroxylation sites is 1. The van der Waals surface area contributed by atoms with Crippen molar-refractivity contribution in [3.8, 4) is 11.4 Å². The van der Waals surface area contributed by atoms with Crippen LogP contribution in [-0.2, 0) is 10.0 Å². The predicted molar refractivity (Wildman–Crippen MR) is 169 cm³/mol. The number of fused-ring (bicyclic) bond motifs is 1. The highest BCUT2D eigenvalue weighted by Gasteiger charge is 2.41. The molecule has 2 aliphatic rings. The third kappa shape index (κ3) is 6.00. The molecule has 1 unspecified atom stereocenters. The maximum atomic E-state index is 15.3. The van der Waals surface area contributed by atoms with Gasteiger partial charge in [-0.15, -0.1) is 0 Å². The Bertz CT molecular complexity index is 2080. The van der Waals surface area contributed by atoms with E-state index in [-0.39, 0.29) is 57.7 Å². The SMILES string of the molecule is CC1(S(=O)(=O)n2cc(-c3ncc(F)c(N[C@H]4CCC[C@@H](NC(=O)c5ccccc5C(=O)O)C4)n3)c3cccc(F)c32)C=C(F)C=CC1. The first-order valence-electron chi connectivity index (χ1n) is 14.9. The molecule has 2 heterocycles. The standard InChI is InChI=1S/C33H30F3N5O5S/c1-33(14-6-7-19(34)16-33)47(45,46)41-18-25(22-12-5-13-26(35)28(22)41)29-37-17-27(36)30(40-29)38-20-8-4-9-21(15-20)39-31(42)23-10-2-3-11-24(23)32(43)44/h2-3,5-7,10-13,16-18,20-21H,4,8-9,14-15H2,1H3,(H,39,42)(H,43,44)(H,37,38,40)/t20-,21+,33?/m0/s1. The van der Waals surface area contributed by atoms with Crippen molar-refractivity contribution in [2.24, 2.45) is 0 Å². The summed E-state index contributed by atoms with van der Waals surface area (Å²) in [6.07, 6.45) is 7.91. The lowest BCUT2D eigenvalue weighted by Crippen LogP contribution is -2.42. The average Bonchev–Trinajstić information content (AvgIpc) is 3.44.